The van der Waals surface area contributed by atoms with Gasteiger partial charge in [0.2, 0.25) is 0 Å². The Balaban J connectivity index is 1.28. The number of alkyl halides is 4. The largest absolute Gasteiger partial charge is 0.314 e. The molecule has 7 nitrogen and oxygen atoms in total. The minimum absolute atomic E-state index is 0.331. The molecule has 0 saturated carbocycles. The SMILES string of the molecule is [C-]#[N+]c1c(N2c3ccc(-c4c(C)cccc4C)cc3N(c3ccccc3)c3cc(-c4c(C)cccc4C)ccc32)c(-n2c3ccccc3c3cc(-c4ccccc4)ccc32)c2c(c1[N+](=O)[O-])C(F)(F)CC2(F)F. The molecule has 0 spiro atoms. The van der Waals surface area contributed by atoms with Gasteiger partial charge in [-0.1, -0.05) is 121 Å². The van der Waals surface area contributed by atoms with Gasteiger partial charge in [-0.3, -0.25) is 10.1 Å². The molecule has 1 aromatic heterocycles. The van der Waals surface area contributed by atoms with E-state index in [-0.39, 0.29) is 5.69 Å². The second-order valence-corrected chi connectivity index (χ2v) is 19.0. The maximum absolute atomic E-state index is 17.5. The molecule has 0 fully saturated rings. The van der Waals surface area contributed by atoms with E-state index in [0.717, 1.165) is 61.3 Å². The van der Waals surface area contributed by atoms with Crippen LogP contribution in [0.15, 0.2) is 176 Å². The number of fused-ring (bicyclic) bond motifs is 6. The molecular weight excluding hydrogens is 923 g/mol. The van der Waals surface area contributed by atoms with Crippen LogP contribution in [0.5, 0.6) is 0 Å². The third-order valence-corrected chi connectivity index (χ3v) is 14.6. The number of para-hydroxylation sites is 2. The summed E-state index contributed by atoms with van der Waals surface area (Å²) in [5.74, 6) is -8.71. The third kappa shape index (κ3) is 6.85. The van der Waals surface area contributed by atoms with Crippen molar-refractivity contribution >= 4 is 67.3 Å². The number of anilines is 6. The van der Waals surface area contributed by atoms with E-state index < -0.39 is 51.4 Å². The molecule has 73 heavy (non-hydrogen) atoms. The van der Waals surface area contributed by atoms with E-state index in [2.05, 4.69) is 9.74 Å². The summed E-state index contributed by atoms with van der Waals surface area (Å²) in [7, 11) is 0. The molecule has 0 saturated heterocycles. The summed E-state index contributed by atoms with van der Waals surface area (Å²) in [5, 5.41) is 14.8. The zero-order valence-electron chi connectivity index (χ0n) is 40.0. The summed E-state index contributed by atoms with van der Waals surface area (Å²) in [4.78, 5) is 20.0. The van der Waals surface area contributed by atoms with Crippen LogP contribution >= 0.6 is 0 Å². The van der Waals surface area contributed by atoms with Crippen LogP contribution in [-0.4, -0.2) is 9.49 Å². The summed E-state index contributed by atoms with van der Waals surface area (Å²) < 4.78 is 70.0. The molecule has 0 bridgehead atoms. The van der Waals surface area contributed by atoms with E-state index in [9.17, 15) is 10.1 Å². The van der Waals surface area contributed by atoms with Gasteiger partial charge in [-0.05, 0) is 138 Å². The van der Waals surface area contributed by atoms with E-state index >= 15 is 17.6 Å². The Labute approximate surface area is 418 Å². The number of aromatic nitrogens is 1. The van der Waals surface area contributed by atoms with E-state index in [1.165, 1.54) is 4.57 Å². The molecule has 11 heteroatoms. The summed E-state index contributed by atoms with van der Waals surface area (Å²) in [6.45, 7) is 17.0. The molecule has 0 N–H and O–H groups in total. The number of nitro benzene ring substituents is 1. The topological polar surface area (TPSA) is 58.9 Å². The predicted molar refractivity (Wildman–Crippen MR) is 284 cm³/mol. The first-order valence-corrected chi connectivity index (χ1v) is 23.9. The molecule has 2 aliphatic rings. The maximum atomic E-state index is 17.5. The fraction of sp³-hybridized carbons (Fsp3) is 0.113. The monoisotopic (exact) mass is 965 g/mol. The van der Waals surface area contributed by atoms with Crippen molar-refractivity contribution < 1.29 is 22.5 Å². The van der Waals surface area contributed by atoms with Crippen molar-refractivity contribution in [2.75, 3.05) is 9.80 Å². The fourth-order valence-corrected chi connectivity index (χ4v) is 11.6. The Hall–Kier alpha value is -9.01. The Bertz CT molecular complexity index is 3870. The van der Waals surface area contributed by atoms with Gasteiger partial charge in [0, 0.05) is 16.5 Å². The van der Waals surface area contributed by atoms with Crippen LogP contribution in [0.4, 0.5) is 63.1 Å². The van der Waals surface area contributed by atoms with Crippen molar-refractivity contribution in [3.63, 3.8) is 0 Å². The number of benzene rings is 9. The smallest absolute Gasteiger partial charge is 0.290 e. The Morgan fingerprint density at radius 3 is 1.58 bits per heavy atom. The highest BCUT2D eigenvalue weighted by molar-refractivity contribution is 6.14. The van der Waals surface area contributed by atoms with Crippen LogP contribution in [0.2, 0.25) is 0 Å². The number of aryl methyl sites for hydroxylation is 4. The zero-order valence-corrected chi connectivity index (χ0v) is 40.0. The molecule has 0 amide bonds. The minimum atomic E-state index is -4.39. The predicted octanol–water partition coefficient (Wildman–Crippen LogP) is 18.3. The normalized spacial score (nSPS) is 14.2. The minimum Gasteiger partial charge on any atom is -0.314 e. The lowest BCUT2D eigenvalue weighted by atomic mass is 9.91. The molecule has 0 atom stereocenters. The van der Waals surface area contributed by atoms with Crippen molar-refractivity contribution in [2.45, 2.75) is 46.0 Å². The molecule has 0 unspecified atom stereocenters. The summed E-state index contributed by atoms with van der Waals surface area (Å²) in [6, 6.07) is 55.5. The Morgan fingerprint density at radius 1 is 0.507 bits per heavy atom. The lowest BCUT2D eigenvalue weighted by molar-refractivity contribution is -0.385. The number of nitro groups is 1. The Morgan fingerprint density at radius 2 is 1.01 bits per heavy atom. The zero-order chi connectivity index (χ0) is 50.7. The van der Waals surface area contributed by atoms with E-state index in [1.54, 1.807) is 23.1 Å². The number of rotatable bonds is 7. The first-order chi connectivity index (χ1) is 35.2. The van der Waals surface area contributed by atoms with Gasteiger partial charge in [0.25, 0.3) is 23.2 Å². The molecule has 1 aliphatic carbocycles. The van der Waals surface area contributed by atoms with Crippen molar-refractivity contribution in [2.24, 2.45) is 0 Å². The highest BCUT2D eigenvalue weighted by atomic mass is 19.3. The van der Waals surface area contributed by atoms with Gasteiger partial charge in [0.15, 0.2) is 0 Å². The molecule has 2 heterocycles. The Kier molecular flexibility index (Phi) is 10.2. The lowest BCUT2D eigenvalue weighted by Gasteiger charge is -2.42. The van der Waals surface area contributed by atoms with Crippen LogP contribution in [0.1, 0.15) is 39.8 Å². The van der Waals surface area contributed by atoms with Gasteiger partial charge < -0.3 is 14.4 Å². The average molecular weight is 966 g/mol. The second-order valence-electron chi connectivity index (χ2n) is 19.0. The third-order valence-electron chi connectivity index (χ3n) is 14.6. The van der Waals surface area contributed by atoms with Crippen LogP contribution in [0.25, 0.3) is 65.7 Å². The van der Waals surface area contributed by atoms with Crippen LogP contribution < -0.4 is 9.80 Å². The summed E-state index contributed by atoms with van der Waals surface area (Å²) in [6.07, 6.45) is -2.02. The van der Waals surface area contributed by atoms with E-state index in [1.807, 2.05) is 185 Å². The molecule has 9 aromatic carbocycles. The van der Waals surface area contributed by atoms with Crippen molar-refractivity contribution in [3.05, 3.63) is 231 Å². The van der Waals surface area contributed by atoms with Crippen LogP contribution in [0.3, 0.4) is 0 Å². The van der Waals surface area contributed by atoms with Gasteiger partial charge >= 0.3 is 0 Å². The van der Waals surface area contributed by atoms with E-state index in [0.29, 0.717) is 44.6 Å². The van der Waals surface area contributed by atoms with Gasteiger partial charge in [0.1, 0.15) is 0 Å². The second kappa shape index (κ2) is 16.5. The van der Waals surface area contributed by atoms with Gasteiger partial charge in [-0.2, -0.15) is 0 Å². The fourth-order valence-electron chi connectivity index (χ4n) is 11.6. The standard InChI is InChI=1S/C62H43F4N5O2/c1-36-16-14-17-37(2)53(36)42-27-30-49-51(33-42)68(44-22-10-7-11-23-44)52-34-43(54-38(3)18-15-19-39(54)4)28-31-50(52)70(49)60-57(67-5)58(71(72)73)55-56(62(65,66)35-61(55,63)64)59(60)69-47-25-13-12-24-45(47)46-32-41(26-29-48(46)69)40-20-8-6-9-21-40/h6-34H,35H2,1-4H3. The highest BCUT2D eigenvalue weighted by Gasteiger charge is 2.62. The molecule has 1 aliphatic heterocycles. The van der Waals surface area contributed by atoms with Crippen molar-refractivity contribution in [1.29, 1.82) is 0 Å². The number of nitrogens with zero attached hydrogens (tertiary/aromatic N) is 5. The molecule has 0 radical (unpaired) electrons. The van der Waals surface area contributed by atoms with Crippen molar-refractivity contribution in [3.8, 4) is 39.1 Å². The van der Waals surface area contributed by atoms with Gasteiger partial charge in [0.05, 0.1) is 74.2 Å². The molecule has 356 valence electrons. The molecule has 12 rings (SSSR count). The van der Waals surface area contributed by atoms with Crippen molar-refractivity contribution in [1.82, 2.24) is 4.57 Å². The lowest BCUT2D eigenvalue weighted by Crippen LogP contribution is -2.26. The molecule has 10 aromatic rings. The number of halogens is 4. The highest BCUT2D eigenvalue weighted by Crippen LogP contribution is 2.67. The molecular formula is C62H43F4N5O2. The summed E-state index contributed by atoms with van der Waals surface area (Å²) in [5.41, 5.74) is 7.09. The van der Waals surface area contributed by atoms with Crippen LogP contribution in [-0.2, 0) is 11.8 Å². The van der Waals surface area contributed by atoms with Crippen LogP contribution in [0, 0.1) is 44.4 Å². The quantitative estimate of drug-likeness (QED) is 0.0691. The first kappa shape index (κ1) is 45.1. The average Bonchev–Trinajstić information content (AvgIpc) is 3.80. The first-order valence-electron chi connectivity index (χ1n) is 23.9. The number of hydrogen-bond acceptors (Lipinski definition) is 4. The van der Waals surface area contributed by atoms with E-state index in [4.69, 9.17) is 6.57 Å². The maximum Gasteiger partial charge on any atom is 0.290 e. The summed E-state index contributed by atoms with van der Waals surface area (Å²) >= 11 is 0. The van der Waals surface area contributed by atoms with Gasteiger partial charge in [-0.25, -0.2) is 22.4 Å². The van der Waals surface area contributed by atoms with Gasteiger partial charge in [-0.15, -0.1) is 0 Å². The number of hydrogen-bond donors (Lipinski definition) is 0.